The summed E-state index contributed by atoms with van der Waals surface area (Å²) in [5.41, 5.74) is 0. The van der Waals surface area contributed by atoms with E-state index in [0.717, 1.165) is 12.8 Å². The number of hydrogen-bond donors (Lipinski definition) is 1. The second-order valence-electron chi connectivity index (χ2n) is 3.35. The zero-order valence-electron chi connectivity index (χ0n) is 8.33. The first-order valence-corrected chi connectivity index (χ1v) is 4.75. The molecule has 0 aromatic heterocycles. The van der Waals surface area contributed by atoms with Gasteiger partial charge in [-0.2, -0.15) is 0 Å². The topological polar surface area (TPSA) is 49.4 Å². The minimum absolute atomic E-state index is 0.0532. The van der Waals surface area contributed by atoms with E-state index in [2.05, 4.69) is 5.32 Å². The molecule has 1 fully saturated rings. The van der Waals surface area contributed by atoms with E-state index in [9.17, 15) is 9.59 Å². The zero-order chi connectivity index (χ0) is 10.0. The lowest BCUT2D eigenvalue weighted by Gasteiger charge is -2.22. The van der Waals surface area contributed by atoms with Gasteiger partial charge >= 0.3 is 6.03 Å². The number of hydrogen-bond acceptors (Lipinski definition) is 2. The van der Waals surface area contributed by atoms with E-state index in [1.165, 1.54) is 4.90 Å². The van der Waals surface area contributed by atoms with Crippen LogP contribution in [-0.4, -0.2) is 28.9 Å². The number of nitrogens with one attached hydrogen (secondary N) is 1. The summed E-state index contributed by atoms with van der Waals surface area (Å²) < 4.78 is 0. The molecule has 1 heterocycles. The van der Waals surface area contributed by atoms with Crippen LogP contribution in [0.3, 0.4) is 0 Å². The molecule has 3 amide bonds. The second kappa shape index (κ2) is 3.77. The summed E-state index contributed by atoms with van der Waals surface area (Å²) in [7, 11) is 0. The van der Waals surface area contributed by atoms with Gasteiger partial charge < -0.3 is 5.32 Å². The lowest BCUT2D eigenvalue weighted by Crippen LogP contribution is -2.40. The van der Waals surface area contributed by atoms with Gasteiger partial charge in [-0.3, -0.25) is 9.69 Å². The normalized spacial score (nSPS) is 22.8. The maximum Gasteiger partial charge on any atom is 0.325 e. The Labute approximate surface area is 78.3 Å². The fourth-order valence-electron chi connectivity index (χ4n) is 1.62. The molecule has 1 aliphatic rings. The van der Waals surface area contributed by atoms with E-state index in [0.29, 0.717) is 0 Å². The monoisotopic (exact) mass is 184 g/mol. The molecule has 1 N–H and O–H groups in total. The molecule has 1 saturated heterocycles. The second-order valence-corrected chi connectivity index (χ2v) is 3.35. The van der Waals surface area contributed by atoms with Gasteiger partial charge in [0.25, 0.3) is 5.91 Å². The Balaban J connectivity index is 2.78. The number of carbonyl (C=O) groups excluding carboxylic acids is 2. The number of carbonyl (C=O) groups is 2. The molecular weight excluding hydrogens is 168 g/mol. The van der Waals surface area contributed by atoms with Gasteiger partial charge in [0.15, 0.2) is 0 Å². The van der Waals surface area contributed by atoms with Crippen molar-refractivity contribution < 1.29 is 9.59 Å². The third-order valence-electron chi connectivity index (χ3n) is 2.47. The van der Waals surface area contributed by atoms with Gasteiger partial charge in [-0.25, -0.2) is 4.79 Å². The minimum atomic E-state index is -0.354. The molecule has 13 heavy (non-hydrogen) atoms. The summed E-state index contributed by atoms with van der Waals surface area (Å²) in [4.78, 5) is 24.2. The van der Waals surface area contributed by atoms with Crippen LogP contribution in [0.4, 0.5) is 4.79 Å². The summed E-state index contributed by atoms with van der Waals surface area (Å²) in [6.07, 6.45) is 1.64. The quantitative estimate of drug-likeness (QED) is 0.668. The van der Waals surface area contributed by atoms with Gasteiger partial charge in [0.1, 0.15) is 6.04 Å². The van der Waals surface area contributed by atoms with Gasteiger partial charge in [0, 0.05) is 6.04 Å². The SMILES string of the molecule is CCC(CC)N1C(=O)NC(C)C1=O. The van der Waals surface area contributed by atoms with E-state index in [1.807, 2.05) is 13.8 Å². The van der Waals surface area contributed by atoms with Crippen LogP contribution in [0.5, 0.6) is 0 Å². The molecule has 1 atom stereocenters. The van der Waals surface area contributed by atoms with Crippen molar-refractivity contribution in [2.45, 2.75) is 45.7 Å². The molecule has 0 aromatic rings. The van der Waals surface area contributed by atoms with Crippen molar-refractivity contribution in [3.8, 4) is 0 Å². The summed E-state index contributed by atoms with van der Waals surface area (Å²) in [6.45, 7) is 5.68. The molecule has 1 aliphatic heterocycles. The molecule has 1 unspecified atom stereocenters. The Hall–Kier alpha value is -1.06. The Morgan fingerprint density at radius 1 is 1.38 bits per heavy atom. The average Bonchev–Trinajstić information content (AvgIpc) is 2.34. The summed E-state index contributed by atoms with van der Waals surface area (Å²) in [6, 6.07) is -0.545. The number of urea groups is 1. The highest BCUT2D eigenvalue weighted by Gasteiger charge is 2.38. The lowest BCUT2D eigenvalue weighted by molar-refractivity contribution is -0.128. The Morgan fingerprint density at radius 2 is 1.92 bits per heavy atom. The van der Waals surface area contributed by atoms with Gasteiger partial charge in [0.2, 0.25) is 0 Å². The lowest BCUT2D eigenvalue weighted by atomic mass is 10.1. The Morgan fingerprint density at radius 3 is 2.23 bits per heavy atom. The molecule has 0 bridgehead atoms. The Bertz CT molecular complexity index is 224. The number of amides is 3. The standard InChI is InChI=1S/C9H16N2O2/c1-4-7(5-2)11-8(12)6(3)10-9(11)13/h6-7H,4-5H2,1-3H3,(H,10,13). The van der Waals surface area contributed by atoms with Crippen LogP contribution in [0.15, 0.2) is 0 Å². The largest absolute Gasteiger partial charge is 0.326 e. The highest BCUT2D eigenvalue weighted by atomic mass is 16.2. The van der Waals surface area contributed by atoms with E-state index in [-0.39, 0.29) is 24.0 Å². The number of nitrogens with zero attached hydrogens (tertiary/aromatic N) is 1. The van der Waals surface area contributed by atoms with E-state index in [1.54, 1.807) is 6.92 Å². The first-order valence-electron chi connectivity index (χ1n) is 4.75. The molecule has 74 valence electrons. The van der Waals surface area contributed by atoms with Crippen molar-refractivity contribution in [2.24, 2.45) is 0 Å². The van der Waals surface area contributed by atoms with Crippen molar-refractivity contribution in [2.75, 3.05) is 0 Å². The molecule has 4 nitrogen and oxygen atoms in total. The first kappa shape index (κ1) is 10.0. The molecule has 1 rings (SSSR count). The molecule has 0 aliphatic carbocycles. The zero-order valence-corrected chi connectivity index (χ0v) is 8.33. The van der Waals surface area contributed by atoms with Crippen LogP contribution < -0.4 is 5.32 Å². The predicted octanol–water partition coefficient (Wildman–Crippen LogP) is 1.12. The van der Waals surface area contributed by atoms with Crippen molar-refractivity contribution in [3.63, 3.8) is 0 Å². The minimum Gasteiger partial charge on any atom is -0.326 e. The molecule has 0 spiro atoms. The predicted molar refractivity (Wildman–Crippen MR) is 49.2 cm³/mol. The van der Waals surface area contributed by atoms with Crippen molar-refractivity contribution in [3.05, 3.63) is 0 Å². The van der Waals surface area contributed by atoms with Crippen LogP contribution >= 0.6 is 0 Å². The summed E-state index contributed by atoms with van der Waals surface area (Å²) in [5, 5.41) is 2.60. The maximum atomic E-state index is 11.5. The number of rotatable bonds is 3. The van der Waals surface area contributed by atoms with E-state index < -0.39 is 0 Å². The van der Waals surface area contributed by atoms with Gasteiger partial charge in [-0.1, -0.05) is 13.8 Å². The van der Waals surface area contributed by atoms with Crippen molar-refractivity contribution >= 4 is 11.9 Å². The van der Waals surface area contributed by atoms with Gasteiger partial charge in [-0.15, -0.1) is 0 Å². The third-order valence-corrected chi connectivity index (χ3v) is 2.47. The van der Waals surface area contributed by atoms with Crippen LogP contribution in [0, 0.1) is 0 Å². The van der Waals surface area contributed by atoms with Gasteiger partial charge in [-0.05, 0) is 19.8 Å². The smallest absolute Gasteiger partial charge is 0.325 e. The van der Waals surface area contributed by atoms with Crippen LogP contribution in [0.25, 0.3) is 0 Å². The highest BCUT2D eigenvalue weighted by molar-refractivity contribution is 6.04. The molecule has 4 heteroatoms. The maximum absolute atomic E-state index is 11.5. The number of imide groups is 1. The molecular formula is C9H16N2O2. The van der Waals surface area contributed by atoms with E-state index >= 15 is 0 Å². The fourth-order valence-corrected chi connectivity index (χ4v) is 1.62. The molecule has 0 radical (unpaired) electrons. The van der Waals surface area contributed by atoms with Crippen molar-refractivity contribution in [1.82, 2.24) is 10.2 Å². The molecule has 0 aromatic carbocycles. The molecule has 0 saturated carbocycles. The Kier molecular flexibility index (Phi) is 2.90. The summed E-state index contributed by atoms with van der Waals surface area (Å²) >= 11 is 0. The van der Waals surface area contributed by atoms with Crippen LogP contribution in [0.2, 0.25) is 0 Å². The highest BCUT2D eigenvalue weighted by Crippen LogP contribution is 2.15. The van der Waals surface area contributed by atoms with Crippen LogP contribution in [0.1, 0.15) is 33.6 Å². The summed E-state index contributed by atoms with van der Waals surface area (Å²) in [5.74, 6) is -0.0984. The third kappa shape index (κ3) is 1.66. The van der Waals surface area contributed by atoms with Crippen molar-refractivity contribution in [1.29, 1.82) is 0 Å². The van der Waals surface area contributed by atoms with E-state index in [4.69, 9.17) is 0 Å². The van der Waals surface area contributed by atoms with Gasteiger partial charge in [0.05, 0.1) is 0 Å². The fraction of sp³-hybridized carbons (Fsp3) is 0.778. The first-order chi connectivity index (χ1) is 6.11. The average molecular weight is 184 g/mol. The van der Waals surface area contributed by atoms with Crippen LogP contribution in [-0.2, 0) is 4.79 Å².